The summed E-state index contributed by atoms with van der Waals surface area (Å²) < 4.78 is 47.0. The van der Waals surface area contributed by atoms with Crippen molar-refractivity contribution in [2.75, 3.05) is 7.11 Å². The van der Waals surface area contributed by atoms with Crippen molar-refractivity contribution in [3.63, 3.8) is 0 Å². The normalized spacial score (nSPS) is 11.5. The average Bonchev–Trinajstić information content (AvgIpc) is 3.26. The van der Waals surface area contributed by atoms with Gasteiger partial charge in [-0.1, -0.05) is 48.5 Å². The number of hydrogen-bond acceptors (Lipinski definition) is 3. The molecule has 1 N–H and O–H groups in total. The lowest BCUT2D eigenvalue weighted by Crippen LogP contribution is -2.12. The predicted octanol–water partition coefficient (Wildman–Crippen LogP) is 7.95. The third kappa shape index (κ3) is 5.08. The van der Waals surface area contributed by atoms with E-state index >= 15 is 0 Å². The third-order valence-corrected chi connectivity index (χ3v) is 6.84. The summed E-state index contributed by atoms with van der Waals surface area (Å²) in [6.45, 7) is 1.33. The highest BCUT2D eigenvalue weighted by atomic mass is 19.4. The Morgan fingerprint density at radius 1 is 0.850 bits per heavy atom. The predicted molar refractivity (Wildman–Crippen MR) is 147 cm³/mol. The van der Waals surface area contributed by atoms with Gasteiger partial charge in [-0.15, -0.1) is 0 Å². The number of carboxylic acid groups (broad SMARTS) is 1. The van der Waals surface area contributed by atoms with Gasteiger partial charge in [-0.25, -0.2) is 4.79 Å². The minimum Gasteiger partial charge on any atom is -0.497 e. The van der Waals surface area contributed by atoms with Crippen LogP contribution in [-0.2, 0) is 12.7 Å². The van der Waals surface area contributed by atoms with E-state index in [9.17, 15) is 27.9 Å². The van der Waals surface area contributed by atoms with Crippen molar-refractivity contribution in [2.24, 2.45) is 0 Å². The highest BCUT2D eigenvalue weighted by Crippen LogP contribution is 2.39. The van der Waals surface area contributed by atoms with Crippen LogP contribution in [0.1, 0.15) is 38.9 Å². The van der Waals surface area contributed by atoms with Crippen LogP contribution in [0, 0.1) is 0 Å². The highest BCUT2D eigenvalue weighted by Gasteiger charge is 2.31. The number of Topliss-reactive ketones (excluding diaryl/α,β-unsaturated/α-hetero) is 1. The van der Waals surface area contributed by atoms with Gasteiger partial charge in [-0.2, -0.15) is 13.2 Å². The van der Waals surface area contributed by atoms with Crippen molar-refractivity contribution in [1.82, 2.24) is 4.57 Å². The van der Waals surface area contributed by atoms with E-state index in [0.717, 1.165) is 23.3 Å². The molecule has 0 spiro atoms. The molecule has 5 nitrogen and oxygen atoms in total. The van der Waals surface area contributed by atoms with Crippen LogP contribution in [0.25, 0.3) is 33.2 Å². The molecule has 0 aliphatic carbocycles. The molecule has 0 bridgehead atoms. The van der Waals surface area contributed by atoms with Crippen molar-refractivity contribution in [3.8, 4) is 28.0 Å². The van der Waals surface area contributed by atoms with Gasteiger partial charge in [0.1, 0.15) is 11.4 Å². The van der Waals surface area contributed by atoms with Gasteiger partial charge in [0.15, 0.2) is 5.78 Å². The van der Waals surface area contributed by atoms with Gasteiger partial charge in [0.05, 0.1) is 12.7 Å². The average molecular weight is 544 g/mol. The van der Waals surface area contributed by atoms with Gasteiger partial charge in [0, 0.05) is 28.6 Å². The Kier molecular flexibility index (Phi) is 6.94. The first kappa shape index (κ1) is 26.7. The number of rotatable bonds is 7. The molecule has 5 aromatic rings. The Morgan fingerprint density at radius 3 is 2.20 bits per heavy atom. The quantitative estimate of drug-likeness (QED) is 0.212. The molecule has 8 heteroatoms. The molecule has 0 atom stereocenters. The molecule has 0 aliphatic heterocycles. The van der Waals surface area contributed by atoms with Crippen LogP contribution >= 0.6 is 0 Å². The second-order valence-corrected chi connectivity index (χ2v) is 9.41. The molecule has 0 aliphatic rings. The number of ketones is 1. The van der Waals surface area contributed by atoms with Gasteiger partial charge in [-0.05, 0) is 71.6 Å². The zero-order valence-electron chi connectivity index (χ0n) is 21.6. The van der Waals surface area contributed by atoms with Crippen molar-refractivity contribution < 1.29 is 32.6 Å². The second-order valence-electron chi connectivity index (χ2n) is 9.41. The Labute approximate surface area is 228 Å². The maximum Gasteiger partial charge on any atom is 0.416 e. The van der Waals surface area contributed by atoms with Crippen LogP contribution in [0.15, 0.2) is 91.0 Å². The number of benzene rings is 4. The van der Waals surface area contributed by atoms with E-state index in [1.165, 1.54) is 23.6 Å². The molecular formula is C32H24F3NO4. The monoisotopic (exact) mass is 543 g/mol. The van der Waals surface area contributed by atoms with Gasteiger partial charge in [0.25, 0.3) is 0 Å². The van der Waals surface area contributed by atoms with Crippen LogP contribution in [-0.4, -0.2) is 28.5 Å². The molecule has 1 aromatic heterocycles. The summed E-state index contributed by atoms with van der Waals surface area (Å²) in [5.41, 5.74) is 2.94. The Bertz CT molecular complexity index is 1750. The number of carbonyl (C=O) groups excluding carboxylic acids is 1. The van der Waals surface area contributed by atoms with E-state index in [1.54, 1.807) is 37.4 Å². The molecule has 0 unspecified atom stereocenters. The number of nitrogens with zero attached hydrogens (tertiary/aromatic N) is 1. The molecule has 202 valence electrons. The summed E-state index contributed by atoms with van der Waals surface area (Å²) in [7, 11) is 1.57. The standard InChI is InChI=1S/C32H24F3NO4/c1-19(37)22-6-4-7-24(16-22)29-27-17-23(21-9-12-26(40-2)13-10-21)11-14-28(27)36(30(29)31(38)39)18-20-5-3-8-25(15-20)32(33,34)35/h3-17H,18H2,1-2H3,(H,38,39). The van der Waals surface area contributed by atoms with Gasteiger partial charge in [-0.3, -0.25) is 4.79 Å². The second kappa shape index (κ2) is 10.4. The maximum absolute atomic E-state index is 13.4. The summed E-state index contributed by atoms with van der Waals surface area (Å²) in [6, 6.07) is 24.4. The topological polar surface area (TPSA) is 68.5 Å². The van der Waals surface area contributed by atoms with Crippen LogP contribution in [0.2, 0.25) is 0 Å². The number of fused-ring (bicyclic) bond motifs is 1. The molecule has 1 heterocycles. The number of halogens is 3. The van der Waals surface area contributed by atoms with Gasteiger partial charge in [0.2, 0.25) is 0 Å². The van der Waals surface area contributed by atoms with E-state index in [2.05, 4.69) is 0 Å². The van der Waals surface area contributed by atoms with E-state index in [0.29, 0.717) is 38.9 Å². The van der Waals surface area contributed by atoms with Crippen molar-refractivity contribution in [1.29, 1.82) is 0 Å². The summed E-state index contributed by atoms with van der Waals surface area (Å²) in [6.07, 6.45) is -4.53. The molecule has 0 fully saturated rings. The highest BCUT2D eigenvalue weighted by molar-refractivity contribution is 6.10. The Hall–Kier alpha value is -4.85. The van der Waals surface area contributed by atoms with Crippen LogP contribution < -0.4 is 4.74 Å². The number of carbonyl (C=O) groups is 2. The number of ether oxygens (including phenoxy) is 1. The molecule has 4 aromatic carbocycles. The fourth-order valence-electron chi connectivity index (χ4n) is 4.92. The SMILES string of the molecule is COc1ccc(-c2ccc3c(c2)c(-c2cccc(C(C)=O)c2)c(C(=O)O)n3Cc2cccc(C(F)(F)F)c2)cc1. The Balaban J connectivity index is 1.77. The molecule has 5 rings (SSSR count). The molecule has 0 saturated carbocycles. The minimum atomic E-state index is -4.53. The van der Waals surface area contributed by atoms with Gasteiger partial charge < -0.3 is 14.4 Å². The third-order valence-electron chi connectivity index (χ3n) is 6.84. The molecule has 0 saturated heterocycles. The fourth-order valence-corrected chi connectivity index (χ4v) is 4.92. The summed E-state index contributed by atoms with van der Waals surface area (Å²) in [5.74, 6) is -0.727. The van der Waals surface area contributed by atoms with Crippen LogP contribution in [0.3, 0.4) is 0 Å². The smallest absolute Gasteiger partial charge is 0.416 e. The first-order chi connectivity index (χ1) is 19.1. The van der Waals surface area contributed by atoms with Gasteiger partial charge >= 0.3 is 12.1 Å². The number of carboxylic acids is 1. The number of methoxy groups -OCH3 is 1. The van der Waals surface area contributed by atoms with Crippen molar-refractivity contribution in [2.45, 2.75) is 19.6 Å². The molecule has 40 heavy (non-hydrogen) atoms. The number of alkyl halides is 3. The lowest BCUT2D eigenvalue weighted by molar-refractivity contribution is -0.137. The summed E-state index contributed by atoms with van der Waals surface area (Å²) in [4.78, 5) is 24.9. The Morgan fingerprint density at radius 2 is 1.55 bits per heavy atom. The lowest BCUT2D eigenvalue weighted by atomic mass is 9.96. The molecular weight excluding hydrogens is 519 g/mol. The first-order valence-corrected chi connectivity index (χ1v) is 12.4. The number of hydrogen-bond donors (Lipinski definition) is 1. The summed E-state index contributed by atoms with van der Waals surface area (Å²) >= 11 is 0. The molecule has 0 radical (unpaired) electrons. The summed E-state index contributed by atoms with van der Waals surface area (Å²) in [5, 5.41) is 11.0. The van der Waals surface area contributed by atoms with Crippen LogP contribution in [0.5, 0.6) is 5.75 Å². The van der Waals surface area contributed by atoms with E-state index in [4.69, 9.17) is 4.74 Å². The van der Waals surface area contributed by atoms with Crippen molar-refractivity contribution in [3.05, 3.63) is 113 Å². The number of aromatic carboxylic acids is 1. The van der Waals surface area contributed by atoms with Crippen molar-refractivity contribution >= 4 is 22.7 Å². The number of aromatic nitrogens is 1. The molecule has 0 amide bonds. The largest absolute Gasteiger partial charge is 0.497 e. The van der Waals surface area contributed by atoms with E-state index in [1.807, 2.05) is 36.4 Å². The fraction of sp³-hybridized carbons (Fsp3) is 0.125. The van der Waals surface area contributed by atoms with E-state index in [-0.39, 0.29) is 18.0 Å². The zero-order valence-corrected chi connectivity index (χ0v) is 21.6. The lowest BCUT2D eigenvalue weighted by Gasteiger charge is -2.12. The maximum atomic E-state index is 13.4. The minimum absolute atomic E-state index is 0.0833. The zero-order chi connectivity index (χ0) is 28.6. The first-order valence-electron chi connectivity index (χ1n) is 12.4. The van der Waals surface area contributed by atoms with E-state index < -0.39 is 17.7 Å². The van der Waals surface area contributed by atoms with Crippen LogP contribution in [0.4, 0.5) is 13.2 Å².